The van der Waals surface area contributed by atoms with Crippen LogP contribution in [0.5, 0.6) is 0 Å². The molecule has 0 bridgehead atoms. The molecule has 2 aromatic carbocycles. The van der Waals surface area contributed by atoms with Gasteiger partial charge in [-0.1, -0.05) is 24.3 Å². The van der Waals surface area contributed by atoms with Crippen molar-refractivity contribution in [3.05, 3.63) is 65.2 Å². The summed E-state index contributed by atoms with van der Waals surface area (Å²) in [5, 5.41) is 11.9. The number of carbonyl (C=O) groups excluding carboxylic acids is 1. The summed E-state index contributed by atoms with van der Waals surface area (Å²) >= 11 is 0. The lowest BCUT2D eigenvalue weighted by atomic mass is 10.1. The molecule has 3 N–H and O–H groups in total. The van der Waals surface area contributed by atoms with E-state index >= 15 is 0 Å². The van der Waals surface area contributed by atoms with Crippen molar-refractivity contribution in [2.45, 2.75) is 12.7 Å². The molecule has 8 heteroatoms. The summed E-state index contributed by atoms with van der Waals surface area (Å²) in [4.78, 5) is 14.6. The highest BCUT2D eigenvalue weighted by molar-refractivity contribution is 5.92. The monoisotopic (exact) mass is 404 g/mol. The van der Waals surface area contributed by atoms with Gasteiger partial charge in [0.05, 0.1) is 16.8 Å². The van der Waals surface area contributed by atoms with E-state index in [0.717, 1.165) is 37.1 Å². The van der Waals surface area contributed by atoms with Gasteiger partial charge in [-0.2, -0.15) is 18.4 Å². The number of para-hydroxylation sites is 1. The number of amides is 1. The number of halogens is 3. The third-order valence-corrected chi connectivity index (χ3v) is 5.10. The summed E-state index contributed by atoms with van der Waals surface area (Å²) in [5.74, 6) is -0.149. The number of hydrogen-bond donors (Lipinski definition) is 3. The van der Waals surface area contributed by atoms with Crippen LogP contribution in [0.2, 0.25) is 0 Å². The van der Waals surface area contributed by atoms with Crippen LogP contribution in [0.15, 0.2) is 48.5 Å². The first-order valence-corrected chi connectivity index (χ1v) is 9.47. The zero-order valence-electron chi connectivity index (χ0n) is 15.9. The van der Waals surface area contributed by atoms with Gasteiger partial charge in [-0.3, -0.25) is 4.79 Å². The Hall–Kier alpha value is -2.89. The second kappa shape index (κ2) is 9.07. The number of quaternary nitrogens is 2. The first-order valence-electron chi connectivity index (χ1n) is 9.47. The SMILES string of the molecule is N#Cc1ccccc1NC(=O)C[NH+]1CC[NH+](Cc2cccc(C(F)(F)F)c2)CC1. The van der Waals surface area contributed by atoms with E-state index in [9.17, 15) is 18.0 Å². The normalized spacial score (nSPS) is 19.4. The van der Waals surface area contributed by atoms with Crippen LogP contribution in [0.3, 0.4) is 0 Å². The number of benzene rings is 2. The Labute approximate surface area is 167 Å². The fraction of sp³-hybridized carbons (Fsp3) is 0.333. The molecule has 1 amide bonds. The molecule has 0 spiro atoms. The maximum atomic E-state index is 12.9. The molecule has 0 unspecified atom stereocenters. The molecule has 0 aliphatic carbocycles. The summed E-state index contributed by atoms with van der Waals surface area (Å²) in [7, 11) is 0. The minimum Gasteiger partial charge on any atom is -0.322 e. The number of carbonyl (C=O) groups is 1. The standard InChI is InChI=1S/C21H21F3N4O/c22-21(23,24)18-6-3-4-16(12-18)14-27-8-10-28(11-9-27)15-20(29)26-19-7-2-1-5-17(19)13-25/h1-7,12H,8-11,14-15H2,(H,26,29)/p+2. The highest BCUT2D eigenvalue weighted by Crippen LogP contribution is 2.29. The molecule has 0 aromatic heterocycles. The molecule has 152 valence electrons. The van der Waals surface area contributed by atoms with E-state index < -0.39 is 11.7 Å². The summed E-state index contributed by atoms with van der Waals surface area (Å²) in [5.41, 5.74) is 0.983. The summed E-state index contributed by atoms with van der Waals surface area (Å²) in [6, 6.07) is 14.4. The number of nitrogens with zero attached hydrogens (tertiary/aromatic N) is 1. The molecular formula is C21H23F3N4O+2. The number of rotatable bonds is 5. The molecule has 0 radical (unpaired) electrons. The summed E-state index contributed by atoms with van der Waals surface area (Å²) in [6.45, 7) is 3.94. The lowest BCUT2D eigenvalue weighted by molar-refractivity contribution is -1.02. The highest BCUT2D eigenvalue weighted by Gasteiger charge is 2.31. The van der Waals surface area contributed by atoms with Gasteiger partial charge in [0.1, 0.15) is 38.8 Å². The first-order chi connectivity index (χ1) is 13.8. The van der Waals surface area contributed by atoms with Crippen molar-refractivity contribution in [2.75, 3.05) is 38.0 Å². The number of nitriles is 1. The van der Waals surface area contributed by atoms with Crippen LogP contribution in [0, 0.1) is 11.3 Å². The summed E-state index contributed by atoms with van der Waals surface area (Å²) < 4.78 is 38.6. The van der Waals surface area contributed by atoms with E-state index in [2.05, 4.69) is 11.4 Å². The predicted molar refractivity (Wildman–Crippen MR) is 101 cm³/mol. The van der Waals surface area contributed by atoms with Crippen LogP contribution in [-0.4, -0.2) is 38.6 Å². The largest absolute Gasteiger partial charge is 0.416 e. The molecule has 29 heavy (non-hydrogen) atoms. The Kier molecular flexibility index (Phi) is 6.52. The van der Waals surface area contributed by atoms with Gasteiger partial charge in [-0.25, -0.2) is 0 Å². The fourth-order valence-corrected chi connectivity index (χ4v) is 3.57. The van der Waals surface area contributed by atoms with Crippen LogP contribution < -0.4 is 15.1 Å². The minimum atomic E-state index is -4.33. The zero-order valence-corrected chi connectivity index (χ0v) is 15.9. The Morgan fingerprint density at radius 2 is 1.72 bits per heavy atom. The molecular weight excluding hydrogens is 381 g/mol. The molecule has 5 nitrogen and oxygen atoms in total. The molecule has 2 aromatic rings. The zero-order chi connectivity index (χ0) is 20.9. The molecule has 1 saturated heterocycles. The van der Waals surface area contributed by atoms with Crippen molar-refractivity contribution in [3.63, 3.8) is 0 Å². The lowest BCUT2D eigenvalue weighted by Gasteiger charge is -2.29. The summed E-state index contributed by atoms with van der Waals surface area (Å²) in [6.07, 6.45) is -4.33. The number of nitrogens with one attached hydrogen (secondary N) is 3. The van der Waals surface area contributed by atoms with Crippen molar-refractivity contribution in [1.29, 1.82) is 5.26 Å². The van der Waals surface area contributed by atoms with Crippen LogP contribution >= 0.6 is 0 Å². The maximum Gasteiger partial charge on any atom is 0.416 e. The quantitative estimate of drug-likeness (QED) is 0.680. The van der Waals surface area contributed by atoms with E-state index in [1.165, 1.54) is 17.0 Å². The number of alkyl halides is 3. The molecule has 0 atom stereocenters. The molecule has 1 aliphatic rings. The fourth-order valence-electron chi connectivity index (χ4n) is 3.57. The topological polar surface area (TPSA) is 61.8 Å². The van der Waals surface area contributed by atoms with E-state index in [-0.39, 0.29) is 5.91 Å². The predicted octanol–water partition coefficient (Wildman–Crippen LogP) is 0.499. The number of hydrogen-bond acceptors (Lipinski definition) is 2. The first kappa shape index (κ1) is 20.8. The van der Waals surface area contributed by atoms with Gasteiger partial charge in [0.2, 0.25) is 0 Å². The van der Waals surface area contributed by atoms with Crippen molar-refractivity contribution in [3.8, 4) is 6.07 Å². The van der Waals surface area contributed by atoms with Gasteiger partial charge in [0.15, 0.2) is 6.54 Å². The Morgan fingerprint density at radius 1 is 1.03 bits per heavy atom. The van der Waals surface area contributed by atoms with E-state index in [0.29, 0.717) is 29.9 Å². The average Bonchev–Trinajstić information content (AvgIpc) is 2.69. The smallest absolute Gasteiger partial charge is 0.322 e. The van der Waals surface area contributed by atoms with Crippen molar-refractivity contribution < 1.29 is 27.8 Å². The van der Waals surface area contributed by atoms with Gasteiger partial charge < -0.3 is 15.1 Å². The third kappa shape index (κ3) is 5.79. The maximum absolute atomic E-state index is 12.9. The Balaban J connectivity index is 1.48. The van der Waals surface area contributed by atoms with Gasteiger partial charge in [0, 0.05) is 5.56 Å². The lowest BCUT2D eigenvalue weighted by Crippen LogP contribution is -3.28. The second-order valence-electron chi connectivity index (χ2n) is 7.26. The van der Waals surface area contributed by atoms with E-state index in [4.69, 9.17) is 5.26 Å². The van der Waals surface area contributed by atoms with E-state index in [1.807, 2.05) is 0 Å². The Bertz CT molecular complexity index is 899. The van der Waals surface area contributed by atoms with Crippen molar-refractivity contribution >= 4 is 11.6 Å². The molecule has 0 saturated carbocycles. The molecule has 3 rings (SSSR count). The molecule has 1 heterocycles. The highest BCUT2D eigenvalue weighted by atomic mass is 19.4. The van der Waals surface area contributed by atoms with Crippen LogP contribution in [0.4, 0.5) is 18.9 Å². The van der Waals surface area contributed by atoms with Crippen LogP contribution in [-0.2, 0) is 17.5 Å². The molecule has 1 aliphatic heterocycles. The van der Waals surface area contributed by atoms with Crippen molar-refractivity contribution in [1.82, 2.24) is 0 Å². The average molecular weight is 404 g/mol. The second-order valence-corrected chi connectivity index (χ2v) is 7.26. The number of anilines is 1. The third-order valence-electron chi connectivity index (χ3n) is 5.10. The van der Waals surface area contributed by atoms with Gasteiger partial charge in [-0.15, -0.1) is 0 Å². The minimum absolute atomic E-state index is 0.149. The van der Waals surface area contributed by atoms with E-state index in [1.54, 1.807) is 30.3 Å². The van der Waals surface area contributed by atoms with Crippen molar-refractivity contribution in [2.24, 2.45) is 0 Å². The molecule has 1 fully saturated rings. The number of piperazine rings is 1. The van der Waals surface area contributed by atoms with Gasteiger partial charge >= 0.3 is 6.18 Å². The van der Waals surface area contributed by atoms with Gasteiger partial charge in [-0.05, 0) is 24.3 Å². The Morgan fingerprint density at radius 3 is 2.41 bits per heavy atom. The van der Waals surface area contributed by atoms with Crippen LogP contribution in [0.1, 0.15) is 16.7 Å². The van der Waals surface area contributed by atoms with Crippen LogP contribution in [0.25, 0.3) is 0 Å². The van der Waals surface area contributed by atoms with Gasteiger partial charge in [0.25, 0.3) is 5.91 Å².